The van der Waals surface area contributed by atoms with Gasteiger partial charge < -0.3 is 10.2 Å². The van der Waals surface area contributed by atoms with Crippen molar-refractivity contribution in [3.63, 3.8) is 0 Å². The first kappa shape index (κ1) is 16.9. The average Bonchev–Trinajstić information content (AvgIpc) is 2.87. The van der Waals surface area contributed by atoms with E-state index < -0.39 is 0 Å². The molecule has 1 aromatic heterocycles. The Morgan fingerprint density at radius 1 is 1.32 bits per heavy atom. The van der Waals surface area contributed by atoms with E-state index in [0.717, 1.165) is 15.2 Å². The minimum Gasteiger partial charge on any atom is -0.321 e. The number of amides is 1. The van der Waals surface area contributed by atoms with E-state index in [0.29, 0.717) is 18.8 Å². The molecule has 0 aliphatic heterocycles. The second-order valence-corrected chi connectivity index (χ2v) is 7.40. The molecule has 0 radical (unpaired) electrons. The van der Waals surface area contributed by atoms with Gasteiger partial charge >= 0.3 is 0 Å². The van der Waals surface area contributed by atoms with Crippen molar-refractivity contribution >= 4 is 38.9 Å². The third kappa shape index (κ3) is 5.36. The average molecular weight is 384 g/mol. The second kappa shape index (κ2) is 8.22. The number of halogens is 2. The number of hydrogen-bond acceptors (Lipinski definition) is 2. The number of benzene rings is 1. The molecule has 6 heteroatoms. The predicted octanol–water partition coefficient (Wildman–Crippen LogP) is 2.86. The van der Waals surface area contributed by atoms with E-state index in [4.69, 9.17) is 0 Å². The van der Waals surface area contributed by atoms with Crippen LogP contribution in [-0.2, 0) is 11.3 Å². The Morgan fingerprint density at radius 2 is 2.05 bits per heavy atom. The van der Waals surface area contributed by atoms with E-state index in [2.05, 4.69) is 33.9 Å². The molecule has 2 N–H and O–H groups in total. The predicted molar refractivity (Wildman–Crippen MR) is 91.6 cm³/mol. The van der Waals surface area contributed by atoms with Gasteiger partial charge in [-0.25, -0.2) is 4.39 Å². The Kier molecular flexibility index (Phi) is 6.30. The molecule has 2 aromatic rings. The molecular formula is C16H17BrFN2OS+. The lowest BCUT2D eigenvalue weighted by molar-refractivity contribution is -0.899. The van der Waals surface area contributed by atoms with Crippen LogP contribution >= 0.6 is 27.3 Å². The van der Waals surface area contributed by atoms with Crippen LogP contribution in [0.4, 0.5) is 10.1 Å². The summed E-state index contributed by atoms with van der Waals surface area (Å²) in [4.78, 5) is 14.4. The Morgan fingerprint density at radius 3 is 2.64 bits per heavy atom. The van der Waals surface area contributed by atoms with Crippen molar-refractivity contribution in [2.24, 2.45) is 0 Å². The summed E-state index contributed by atoms with van der Waals surface area (Å²) in [6.45, 7) is 5.54. The minimum atomic E-state index is -0.319. The highest BCUT2D eigenvalue weighted by atomic mass is 79.9. The highest BCUT2D eigenvalue weighted by Crippen LogP contribution is 2.21. The lowest BCUT2D eigenvalue weighted by Gasteiger charge is -2.16. The summed E-state index contributed by atoms with van der Waals surface area (Å²) in [5.41, 5.74) is 0.600. The monoisotopic (exact) mass is 383 g/mol. The van der Waals surface area contributed by atoms with Gasteiger partial charge in [-0.2, -0.15) is 0 Å². The zero-order valence-electron chi connectivity index (χ0n) is 11.9. The number of nitrogens with one attached hydrogen (secondary N) is 2. The fourth-order valence-electron chi connectivity index (χ4n) is 2.07. The normalized spacial score (nSPS) is 11.9. The number of thiophene rings is 1. The topological polar surface area (TPSA) is 33.5 Å². The quantitative estimate of drug-likeness (QED) is 0.708. The lowest BCUT2D eigenvalue weighted by Crippen LogP contribution is -3.11. The summed E-state index contributed by atoms with van der Waals surface area (Å²) in [5, 5.41) is 2.78. The Hall–Kier alpha value is -1.50. The second-order valence-electron chi connectivity index (χ2n) is 4.86. The van der Waals surface area contributed by atoms with Gasteiger partial charge in [0, 0.05) is 5.69 Å². The summed E-state index contributed by atoms with van der Waals surface area (Å²) in [7, 11) is 0. The first-order valence-electron chi connectivity index (χ1n) is 6.81. The lowest BCUT2D eigenvalue weighted by atomic mass is 10.3. The van der Waals surface area contributed by atoms with Crippen LogP contribution in [0.15, 0.2) is 52.8 Å². The molecule has 1 amide bonds. The molecule has 0 saturated carbocycles. The molecule has 1 heterocycles. The number of carbonyl (C=O) groups excluding carboxylic acids is 1. The van der Waals surface area contributed by atoms with Gasteiger partial charge in [-0.05, 0) is 58.4 Å². The van der Waals surface area contributed by atoms with Gasteiger partial charge in [-0.3, -0.25) is 4.79 Å². The van der Waals surface area contributed by atoms with Crippen LogP contribution in [0.5, 0.6) is 0 Å². The van der Waals surface area contributed by atoms with Gasteiger partial charge in [0.05, 0.1) is 15.2 Å². The number of hydrogen-bond donors (Lipinski definition) is 2. The summed E-state index contributed by atoms with van der Waals surface area (Å²) in [6.07, 6.45) is 1.81. The molecule has 1 unspecified atom stereocenters. The van der Waals surface area contributed by atoms with Crippen molar-refractivity contribution in [2.45, 2.75) is 6.54 Å². The van der Waals surface area contributed by atoms with Crippen molar-refractivity contribution < 1.29 is 14.1 Å². The van der Waals surface area contributed by atoms with Crippen LogP contribution in [0.25, 0.3) is 0 Å². The summed E-state index contributed by atoms with van der Waals surface area (Å²) in [5.74, 6) is -0.417. The Labute approximate surface area is 141 Å². The number of anilines is 1. The molecule has 116 valence electrons. The molecule has 0 fully saturated rings. The molecular weight excluding hydrogens is 367 g/mol. The Balaban J connectivity index is 1.93. The van der Waals surface area contributed by atoms with Gasteiger partial charge in [0.2, 0.25) is 0 Å². The third-order valence-electron chi connectivity index (χ3n) is 3.02. The molecule has 0 aliphatic carbocycles. The number of rotatable bonds is 7. The van der Waals surface area contributed by atoms with Crippen LogP contribution in [0, 0.1) is 5.82 Å². The van der Waals surface area contributed by atoms with Crippen LogP contribution in [0.2, 0.25) is 0 Å². The van der Waals surface area contributed by atoms with Gasteiger partial charge in [-0.1, -0.05) is 6.58 Å². The van der Waals surface area contributed by atoms with Gasteiger partial charge in [-0.15, -0.1) is 11.3 Å². The maximum Gasteiger partial charge on any atom is 0.279 e. The van der Waals surface area contributed by atoms with E-state index in [1.807, 2.05) is 12.1 Å². The molecule has 3 nitrogen and oxygen atoms in total. The maximum atomic E-state index is 12.8. The molecule has 1 aromatic carbocycles. The van der Waals surface area contributed by atoms with Gasteiger partial charge in [0.1, 0.15) is 12.4 Å². The fraction of sp³-hybridized carbons (Fsp3) is 0.188. The smallest absolute Gasteiger partial charge is 0.279 e. The first-order valence-corrected chi connectivity index (χ1v) is 8.42. The molecule has 22 heavy (non-hydrogen) atoms. The SMILES string of the molecule is C=CC[NH+](CC(=O)Nc1ccc(F)cc1)Cc1ccc(Br)s1. The molecule has 0 saturated heterocycles. The van der Waals surface area contributed by atoms with Crippen molar-refractivity contribution in [2.75, 3.05) is 18.4 Å². The van der Waals surface area contributed by atoms with E-state index in [-0.39, 0.29) is 11.7 Å². The Bertz CT molecular complexity index is 642. The van der Waals surface area contributed by atoms with Crippen LogP contribution < -0.4 is 10.2 Å². The highest BCUT2D eigenvalue weighted by molar-refractivity contribution is 9.11. The highest BCUT2D eigenvalue weighted by Gasteiger charge is 2.15. The van der Waals surface area contributed by atoms with Crippen LogP contribution in [0.1, 0.15) is 4.88 Å². The van der Waals surface area contributed by atoms with Gasteiger partial charge in [0.25, 0.3) is 5.91 Å². The van der Waals surface area contributed by atoms with E-state index >= 15 is 0 Å². The summed E-state index contributed by atoms with van der Waals surface area (Å²) < 4.78 is 13.9. The number of carbonyl (C=O) groups is 1. The zero-order valence-corrected chi connectivity index (χ0v) is 14.3. The van der Waals surface area contributed by atoms with E-state index in [9.17, 15) is 9.18 Å². The summed E-state index contributed by atoms with van der Waals surface area (Å²) in [6, 6.07) is 9.81. The van der Waals surface area contributed by atoms with Crippen LogP contribution in [-0.4, -0.2) is 19.0 Å². The van der Waals surface area contributed by atoms with Crippen LogP contribution in [0.3, 0.4) is 0 Å². The largest absolute Gasteiger partial charge is 0.321 e. The van der Waals surface area contributed by atoms with Crippen molar-refractivity contribution in [1.82, 2.24) is 0 Å². The van der Waals surface area contributed by atoms with Crippen molar-refractivity contribution in [3.8, 4) is 0 Å². The van der Waals surface area contributed by atoms with Crippen molar-refractivity contribution in [3.05, 3.63) is 63.5 Å². The van der Waals surface area contributed by atoms with Crippen molar-refractivity contribution in [1.29, 1.82) is 0 Å². The van der Waals surface area contributed by atoms with Gasteiger partial charge in [0.15, 0.2) is 6.54 Å². The molecule has 0 spiro atoms. The molecule has 2 rings (SSSR count). The zero-order chi connectivity index (χ0) is 15.9. The molecule has 1 atom stereocenters. The fourth-order valence-corrected chi connectivity index (χ4v) is 3.62. The molecule has 0 aliphatic rings. The standard InChI is InChI=1S/C16H16BrFN2OS/c1-2-9-20(10-14-7-8-15(17)22-14)11-16(21)19-13-5-3-12(18)4-6-13/h2-8H,1,9-11H2,(H,19,21)/p+1. The maximum absolute atomic E-state index is 12.8. The summed E-state index contributed by atoms with van der Waals surface area (Å²) >= 11 is 5.10. The van der Waals surface area contributed by atoms with E-state index in [1.54, 1.807) is 23.5 Å². The van der Waals surface area contributed by atoms with E-state index in [1.165, 1.54) is 17.0 Å². The number of quaternary nitrogens is 1. The minimum absolute atomic E-state index is 0.0981. The third-order valence-corrected chi connectivity index (χ3v) is 4.65. The molecule has 0 bridgehead atoms. The first-order chi connectivity index (χ1) is 10.6.